The Kier molecular flexibility index (Phi) is 4.43. The number of nitrogens with one attached hydrogen (secondary N) is 1. The number of hydrogen-bond acceptors (Lipinski definition) is 3. The lowest BCUT2D eigenvalue weighted by Gasteiger charge is -2.31. The molecule has 0 saturated heterocycles. The Morgan fingerprint density at radius 3 is 2.85 bits per heavy atom. The van der Waals surface area contributed by atoms with Crippen LogP contribution < -0.4 is 5.32 Å². The summed E-state index contributed by atoms with van der Waals surface area (Å²) in [6.45, 7) is 5.52. The number of rotatable bonds is 1. The van der Waals surface area contributed by atoms with Crippen LogP contribution in [0, 0.1) is 0 Å². The topological polar surface area (TPSA) is 41.6 Å². The minimum atomic E-state index is -0.533. The molecule has 2 aliphatic rings. The highest BCUT2D eigenvalue weighted by atomic mass is 35.5. The molecule has 5 heteroatoms. The molecule has 0 aromatic rings. The molecule has 2 heterocycles. The molecule has 0 aliphatic carbocycles. The molecule has 0 bridgehead atoms. The van der Waals surface area contributed by atoms with E-state index >= 15 is 0 Å². The molecule has 2 unspecified atom stereocenters. The van der Waals surface area contributed by atoms with Crippen molar-refractivity contribution in [2.75, 3.05) is 0 Å². The zero-order chi connectivity index (χ0) is 14.8. The standard InChI is InChI=1S/C15H21ClN2O2/c1-15(2,3)20-14(19)18-10-11(7-8-13(18)16)12-6-4-5-9-17-12/h5,7-10,12-13,17H,4,6H2,1-3H3. The van der Waals surface area contributed by atoms with E-state index in [2.05, 4.69) is 11.4 Å². The summed E-state index contributed by atoms with van der Waals surface area (Å²) in [6.07, 6.45) is 11.2. The molecule has 1 amide bonds. The van der Waals surface area contributed by atoms with Crippen LogP contribution in [0.25, 0.3) is 0 Å². The fourth-order valence-electron chi connectivity index (χ4n) is 2.11. The van der Waals surface area contributed by atoms with E-state index < -0.39 is 17.2 Å². The third-order valence-electron chi connectivity index (χ3n) is 3.05. The van der Waals surface area contributed by atoms with Crippen LogP contribution in [0.3, 0.4) is 0 Å². The van der Waals surface area contributed by atoms with Crippen molar-refractivity contribution >= 4 is 17.7 Å². The Bertz CT molecular complexity index is 463. The number of amides is 1. The molecule has 0 saturated carbocycles. The quantitative estimate of drug-likeness (QED) is 0.595. The maximum absolute atomic E-state index is 12.2. The average Bonchev–Trinajstić information content (AvgIpc) is 2.38. The zero-order valence-electron chi connectivity index (χ0n) is 12.1. The van der Waals surface area contributed by atoms with Crippen molar-refractivity contribution in [1.29, 1.82) is 0 Å². The molecule has 2 atom stereocenters. The second kappa shape index (κ2) is 5.92. The number of halogens is 1. The van der Waals surface area contributed by atoms with Crippen molar-refractivity contribution in [3.05, 3.63) is 36.2 Å². The number of ether oxygens (including phenoxy) is 1. The van der Waals surface area contributed by atoms with Crippen LogP contribution in [-0.4, -0.2) is 28.1 Å². The third-order valence-corrected chi connectivity index (χ3v) is 3.40. The lowest BCUT2D eigenvalue weighted by atomic mass is 9.99. The van der Waals surface area contributed by atoms with Gasteiger partial charge in [0.25, 0.3) is 0 Å². The van der Waals surface area contributed by atoms with Crippen molar-refractivity contribution < 1.29 is 9.53 Å². The van der Waals surface area contributed by atoms with Crippen molar-refractivity contribution in [2.24, 2.45) is 0 Å². The van der Waals surface area contributed by atoms with Crippen LogP contribution in [0.4, 0.5) is 4.79 Å². The van der Waals surface area contributed by atoms with Gasteiger partial charge < -0.3 is 10.1 Å². The van der Waals surface area contributed by atoms with Gasteiger partial charge in [-0.1, -0.05) is 23.8 Å². The van der Waals surface area contributed by atoms with Crippen LogP contribution in [0.1, 0.15) is 33.6 Å². The maximum Gasteiger partial charge on any atom is 0.415 e. The van der Waals surface area contributed by atoms with E-state index in [1.807, 2.05) is 33.0 Å². The SMILES string of the molecule is CC(C)(C)OC(=O)N1C=C(C2CCC=CN2)C=CC1Cl. The van der Waals surface area contributed by atoms with Crippen molar-refractivity contribution in [3.8, 4) is 0 Å². The molecule has 0 radical (unpaired) electrons. The maximum atomic E-state index is 12.2. The first-order valence-electron chi connectivity index (χ1n) is 6.83. The second-order valence-corrected chi connectivity index (χ2v) is 6.39. The van der Waals surface area contributed by atoms with Gasteiger partial charge in [0.05, 0.1) is 6.04 Å². The van der Waals surface area contributed by atoms with Gasteiger partial charge in [0.15, 0.2) is 0 Å². The highest BCUT2D eigenvalue weighted by Gasteiger charge is 2.28. The largest absolute Gasteiger partial charge is 0.443 e. The molecule has 4 nitrogen and oxygen atoms in total. The molecule has 0 fully saturated rings. The van der Waals surface area contributed by atoms with E-state index in [0.717, 1.165) is 18.4 Å². The molecule has 0 aromatic heterocycles. The van der Waals surface area contributed by atoms with Crippen molar-refractivity contribution in [3.63, 3.8) is 0 Å². The van der Waals surface area contributed by atoms with Crippen molar-refractivity contribution in [2.45, 2.75) is 50.8 Å². The summed E-state index contributed by atoms with van der Waals surface area (Å²) in [5.41, 5.74) is -0.000791. The predicted molar refractivity (Wildman–Crippen MR) is 80.2 cm³/mol. The Balaban J connectivity index is 2.11. The van der Waals surface area contributed by atoms with E-state index in [-0.39, 0.29) is 6.04 Å². The summed E-state index contributed by atoms with van der Waals surface area (Å²) in [6, 6.07) is 0.213. The summed E-state index contributed by atoms with van der Waals surface area (Å²) >= 11 is 6.17. The molecule has 20 heavy (non-hydrogen) atoms. The highest BCUT2D eigenvalue weighted by Crippen LogP contribution is 2.24. The highest BCUT2D eigenvalue weighted by molar-refractivity contribution is 6.22. The van der Waals surface area contributed by atoms with E-state index in [1.165, 1.54) is 4.90 Å². The summed E-state index contributed by atoms with van der Waals surface area (Å²) in [7, 11) is 0. The van der Waals surface area contributed by atoms with Gasteiger partial charge in [0.1, 0.15) is 11.1 Å². The Morgan fingerprint density at radius 1 is 1.50 bits per heavy atom. The van der Waals surface area contributed by atoms with Gasteiger partial charge in [-0.05, 0) is 51.5 Å². The van der Waals surface area contributed by atoms with E-state index in [0.29, 0.717) is 0 Å². The fourth-order valence-corrected chi connectivity index (χ4v) is 2.32. The van der Waals surface area contributed by atoms with Gasteiger partial charge in [-0.2, -0.15) is 0 Å². The lowest BCUT2D eigenvalue weighted by Crippen LogP contribution is -2.40. The number of carbonyl (C=O) groups excluding carboxylic acids is 1. The number of hydrogen-bond donors (Lipinski definition) is 1. The Morgan fingerprint density at radius 2 is 2.25 bits per heavy atom. The van der Waals surface area contributed by atoms with Gasteiger partial charge in [-0.3, -0.25) is 4.90 Å². The Labute approximate surface area is 125 Å². The van der Waals surface area contributed by atoms with Crippen LogP contribution in [0.5, 0.6) is 0 Å². The molecule has 1 N–H and O–H groups in total. The molecule has 2 rings (SSSR count). The number of alkyl halides is 1. The third kappa shape index (κ3) is 3.79. The molecular formula is C15H21ClN2O2. The number of allylic oxidation sites excluding steroid dienone is 1. The molecule has 110 valence electrons. The van der Waals surface area contributed by atoms with Gasteiger partial charge in [-0.25, -0.2) is 4.79 Å². The van der Waals surface area contributed by atoms with E-state index in [4.69, 9.17) is 16.3 Å². The zero-order valence-corrected chi connectivity index (χ0v) is 12.9. The minimum absolute atomic E-state index is 0.213. The summed E-state index contributed by atoms with van der Waals surface area (Å²) in [5.74, 6) is 0. The number of carbonyl (C=O) groups is 1. The summed E-state index contributed by atoms with van der Waals surface area (Å²) in [5, 5.41) is 3.29. The van der Waals surface area contributed by atoms with Crippen molar-refractivity contribution in [1.82, 2.24) is 10.2 Å². The molecular weight excluding hydrogens is 276 g/mol. The monoisotopic (exact) mass is 296 g/mol. The molecule has 0 aromatic carbocycles. The first-order valence-corrected chi connectivity index (χ1v) is 7.27. The van der Waals surface area contributed by atoms with Gasteiger partial charge in [0.2, 0.25) is 0 Å². The van der Waals surface area contributed by atoms with Crippen LogP contribution >= 0.6 is 11.6 Å². The lowest BCUT2D eigenvalue weighted by molar-refractivity contribution is 0.0330. The fraction of sp³-hybridized carbons (Fsp3) is 0.533. The first kappa shape index (κ1) is 15.0. The second-order valence-electron chi connectivity index (χ2n) is 5.95. The van der Waals surface area contributed by atoms with Crippen LogP contribution in [-0.2, 0) is 4.74 Å². The van der Waals surface area contributed by atoms with E-state index in [9.17, 15) is 4.79 Å². The molecule has 0 spiro atoms. The van der Waals surface area contributed by atoms with Crippen LogP contribution in [0.15, 0.2) is 36.2 Å². The van der Waals surface area contributed by atoms with E-state index in [1.54, 1.807) is 12.3 Å². The number of nitrogens with zero attached hydrogens (tertiary/aromatic N) is 1. The molecule has 2 aliphatic heterocycles. The summed E-state index contributed by atoms with van der Waals surface area (Å²) in [4.78, 5) is 13.6. The summed E-state index contributed by atoms with van der Waals surface area (Å²) < 4.78 is 5.37. The minimum Gasteiger partial charge on any atom is -0.443 e. The van der Waals surface area contributed by atoms with Gasteiger partial charge in [-0.15, -0.1) is 0 Å². The average molecular weight is 297 g/mol. The smallest absolute Gasteiger partial charge is 0.415 e. The van der Waals surface area contributed by atoms with Gasteiger partial charge in [0, 0.05) is 6.20 Å². The van der Waals surface area contributed by atoms with Crippen LogP contribution in [0.2, 0.25) is 0 Å². The Hall–Kier alpha value is -1.42. The predicted octanol–water partition coefficient (Wildman–Crippen LogP) is 3.51. The first-order chi connectivity index (χ1) is 9.37. The van der Waals surface area contributed by atoms with Gasteiger partial charge >= 0.3 is 6.09 Å². The normalized spacial score (nSPS) is 26.0.